The Labute approximate surface area is 251 Å². The van der Waals surface area contributed by atoms with Gasteiger partial charge in [0.05, 0.1) is 16.7 Å². The normalized spacial score (nSPS) is 16.5. The third-order valence-corrected chi connectivity index (χ3v) is 8.69. The van der Waals surface area contributed by atoms with Gasteiger partial charge in [0.25, 0.3) is 5.69 Å². The van der Waals surface area contributed by atoms with E-state index in [1.807, 2.05) is 79.7 Å². The summed E-state index contributed by atoms with van der Waals surface area (Å²) in [7, 11) is 0. The number of pyridine rings is 1. The van der Waals surface area contributed by atoms with Gasteiger partial charge in [0.2, 0.25) is 0 Å². The molecule has 1 aliphatic rings. The summed E-state index contributed by atoms with van der Waals surface area (Å²) >= 11 is 13.8. The van der Waals surface area contributed by atoms with Gasteiger partial charge in [0.15, 0.2) is 5.11 Å². The van der Waals surface area contributed by atoms with Crippen LogP contribution in [0.1, 0.15) is 29.1 Å². The summed E-state index contributed by atoms with van der Waals surface area (Å²) in [5, 5.41) is 15.7. The largest absolute Gasteiger partial charge is 0.459 e. The summed E-state index contributed by atoms with van der Waals surface area (Å²) in [6, 6.07) is 29.6. The van der Waals surface area contributed by atoms with Crippen molar-refractivity contribution in [2.24, 2.45) is 0 Å². The molecule has 3 aromatic carbocycles. The number of benzene rings is 3. The number of nitro groups is 1. The fourth-order valence-corrected chi connectivity index (χ4v) is 6.24. The SMILES string of the molecule is Cc1c(Cl)cccc1-c1ccc([C@@H]2[C@@H](c3ccccn3)NC(=S)N2c2ccc(Sc3ccc([N+](=O)[O-])cc3)cc2)o1. The Morgan fingerprint density at radius 2 is 1.71 bits per heavy atom. The molecule has 0 amide bonds. The van der Waals surface area contributed by atoms with E-state index in [9.17, 15) is 10.1 Å². The second-order valence-electron chi connectivity index (χ2n) is 9.46. The molecule has 0 aliphatic carbocycles. The third kappa shape index (κ3) is 5.44. The number of aromatic nitrogens is 1. The van der Waals surface area contributed by atoms with E-state index in [1.165, 1.54) is 23.9 Å². The van der Waals surface area contributed by atoms with Crippen LogP contribution in [-0.2, 0) is 0 Å². The highest BCUT2D eigenvalue weighted by atomic mass is 35.5. The van der Waals surface area contributed by atoms with Gasteiger partial charge in [-0.2, -0.15) is 0 Å². The first kappa shape index (κ1) is 27.0. The number of anilines is 1. The van der Waals surface area contributed by atoms with Crippen molar-refractivity contribution in [3.8, 4) is 11.3 Å². The van der Waals surface area contributed by atoms with Crippen molar-refractivity contribution in [1.29, 1.82) is 0 Å². The molecule has 1 saturated heterocycles. The highest BCUT2D eigenvalue weighted by Gasteiger charge is 2.42. The molecular weight excluding hydrogens is 576 g/mol. The molecule has 0 unspecified atom stereocenters. The van der Waals surface area contributed by atoms with Gasteiger partial charge in [0, 0.05) is 44.4 Å². The molecule has 1 N–H and O–H groups in total. The van der Waals surface area contributed by atoms with Crippen molar-refractivity contribution in [2.75, 3.05) is 4.90 Å². The first-order chi connectivity index (χ1) is 19.9. The van der Waals surface area contributed by atoms with Crippen LogP contribution in [0.2, 0.25) is 5.02 Å². The molecule has 3 heterocycles. The van der Waals surface area contributed by atoms with Crippen LogP contribution >= 0.6 is 35.6 Å². The second-order valence-corrected chi connectivity index (χ2v) is 11.4. The Hall–Kier alpha value is -4.18. The smallest absolute Gasteiger partial charge is 0.269 e. The lowest BCUT2D eigenvalue weighted by molar-refractivity contribution is -0.384. The minimum Gasteiger partial charge on any atom is -0.459 e. The first-order valence-electron chi connectivity index (χ1n) is 12.8. The maximum absolute atomic E-state index is 11.0. The molecule has 0 spiro atoms. The molecule has 2 atom stereocenters. The van der Waals surface area contributed by atoms with E-state index >= 15 is 0 Å². The molecule has 10 heteroatoms. The maximum atomic E-state index is 11.0. The van der Waals surface area contributed by atoms with Crippen molar-refractivity contribution in [2.45, 2.75) is 28.8 Å². The zero-order chi connectivity index (χ0) is 28.5. The summed E-state index contributed by atoms with van der Waals surface area (Å²) < 4.78 is 6.49. The zero-order valence-electron chi connectivity index (χ0n) is 21.7. The average molecular weight is 599 g/mol. The summed E-state index contributed by atoms with van der Waals surface area (Å²) in [5.41, 5.74) is 3.71. The predicted molar refractivity (Wildman–Crippen MR) is 165 cm³/mol. The molecule has 7 nitrogen and oxygen atoms in total. The van der Waals surface area contributed by atoms with Crippen molar-refractivity contribution in [3.63, 3.8) is 0 Å². The standard InChI is InChI=1S/C31H23ClN4O3S2/c1-19-24(5-4-6-25(19)32)27-16-17-28(39-27)30-29(26-7-2-3-18-33-26)34-31(40)35(30)20-8-12-22(13-9-20)41-23-14-10-21(11-15-23)36(37)38/h2-18,29-30H,1H3,(H,34,40)/t29-,30-/m1/s1. The number of hydrogen-bond acceptors (Lipinski definition) is 6. The number of non-ortho nitro benzene ring substituents is 1. The van der Waals surface area contributed by atoms with E-state index in [0.29, 0.717) is 10.1 Å². The van der Waals surface area contributed by atoms with Crippen LogP contribution in [0.15, 0.2) is 117 Å². The maximum Gasteiger partial charge on any atom is 0.269 e. The van der Waals surface area contributed by atoms with Gasteiger partial charge in [-0.05, 0) is 91.4 Å². The monoisotopic (exact) mass is 598 g/mol. The van der Waals surface area contributed by atoms with E-state index in [4.69, 9.17) is 28.2 Å². The zero-order valence-corrected chi connectivity index (χ0v) is 24.1. The minimum absolute atomic E-state index is 0.0693. The molecule has 204 valence electrons. The van der Waals surface area contributed by atoms with Crippen LogP contribution < -0.4 is 10.2 Å². The summed E-state index contributed by atoms with van der Waals surface area (Å²) in [4.78, 5) is 19.1. The highest BCUT2D eigenvalue weighted by Crippen LogP contribution is 2.44. The highest BCUT2D eigenvalue weighted by molar-refractivity contribution is 7.99. The van der Waals surface area contributed by atoms with Crippen LogP contribution in [-0.4, -0.2) is 15.0 Å². The van der Waals surface area contributed by atoms with Gasteiger partial charge in [-0.15, -0.1) is 0 Å². The molecular formula is C31H23ClN4O3S2. The van der Waals surface area contributed by atoms with Crippen LogP contribution in [0.5, 0.6) is 0 Å². The lowest BCUT2D eigenvalue weighted by atomic mass is 10.0. The van der Waals surface area contributed by atoms with Gasteiger partial charge in [0.1, 0.15) is 17.6 Å². The number of rotatable bonds is 7. The quantitative estimate of drug-likeness (QED) is 0.113. The van der Waals surface area contributed by atoms with Gasteiger partial charge in [-0.25, -0.2) is 0 Å². The Kier molecular flexibility index (Phi) is 7.49. The van der Waals surface area contributed by atoms with E-state index < -0.39 is 4.92 Å². The van der Waals surface area contributed by atoms with Crippen LogP contribution in [0, 0.1) is 17.0 Å². The van der Waals surface area contributed by atoms with Crippen molar-refractivity contribution >= 4 is 52.1 Å². The molecule has 2 aromatic heterocycles. The third-order valence-electron chi connectivity index (χ3n) is 6.95. The fraction of sp³-hybridized carbons (Fsp3) is 0.0968. The van der Waals surface area contributed by atoms with Crippen molar-refractivity contribution < 1.29 is 9.34 Å². The number of nitro benzene ring substituents is 1. The average Bonchev–Trinajstić information content (AvgIpc) is 3.60. The predicted octanol–water partition coefficient (Wildman–Crippen LogP) is 8.54. The lowest BCUT2D eigenvalue weighted by Crippen LogP contribution is -2.29. The second kappa shape index (κ2) is 11.4. The molecule has 0 radical (unpaired) electrons. The molecule has 6 rings (SSSR count). The van der Waals surface area contributed by atoms with Gasteiger partial charge in [-0.1, -0.05) is 41.6 Å². The van der Waals surface area contributed by atoms with E-state index in [0.717, 1.165) is 43.8 Å². The van der Waals surface area contributed by atoms with Crippen molar-refractivity contribution in [3.05, 3.63) is 135 Å². The van der Waals surface area contributed by atoms with Crippen LogP contribution in [0.4, 0.5) is 11.4 Å². The van der Waals surface area contributed by atoms with Crippen LogP contribution in [0.25, 0.3) is 11.3 Å². The number of furan rings is 1. The van der Waals surface area contributed by atoms with E-state index in [2.05, 4.69) is 15.2 Å². The van der Waals surface area contributed by atoms with Crippen LogP contribution in [0.3, 0.4) is 0 Å². The molecule has 0 bridgehead atoms. The molecule has 1 fully saturated rings. The number of halogens is 1. The van der Waals surface area contributed by atoms with Gasteiger partial charge in [-0.3, -0.25) is 15.1 Å². The Bertz CT molecular complexity index is 1730. The number of nitrogens with one attached hydrogen (secondary N) is 1. The molecule has 1 aliphatic heterocycles. The van der Waals surface area contributed by atoms with E-state index in [1.54, 1.807) is 18.3 Å². The topological polar surface area (TPSA) is 84.4 Å². The summed E-state index contributed by atoms with van der Waals surface area (Å²) in [6.45, 7) is 1.98. The summed E-state index contributed by atoms with van der Waals surface area (Å²) in [5.74, 6) is 1.47. The molecule has 5 aromatic rings. The Balaban J connectivity index is 1.33. The lowest BCUT2D eigenvalue weighted by Gasteiger charge is -2.26. The van der Waals surface area contributed by atoms with Gasteiger partial charge >= 0.3 is 0 Å². The Morgan fingerprint density at radius 1 is 0.976 bits per heavy atom. The fourth-order valence-electron chi connectivity index (χ4n) is 4.90. The number of hydrogen-bond donors (Lipinski definition) is 1. The van der Waals surface area contributed by atoms with E-state index in [-0.39, 0.29) is 17.8 Å². The minimum atomic E-state index is -0.400. The summed E-state index contributed by atoms with van der Waals surface area (Å²) in [6.07, 6.45) is 1.77. The Morgan fingerprint density at radius 3 is 2.39 bits per heavy atom. The first-order valence-corrected chi connectivity index (χ1v) is 14.4. The number of thiocarbonyl (C=S) groups is 1. The van der Waals surface area contributed by atoms with Crippen molar-refractivity contribution in [1.82, 2.24) is 10.3 Å². The van der Waals surface area contributed by atoms with Gasteiger partial charge < -0.3 is 14.6 Å². The number of nitrogens with zero attached hydrogens (tertiary/aromatic N) is 3. The molecule has 0 saturated carbocycles. The molecule has 41 heavy (non-hydrogen) atoms.